The molecule has 0 aromatic heterocycles. The first-order chi connectivity index (χ1) is 14.0. The summed E-state index contributed by atoms with van der Waals surface area (Å²) in [6, 6.07) is 9.67. The molecule has 2 fully saturated rings. The predicted molar refractivity (Wildman–Crippen MR) is 111 cm³/mol. The Balaban J connectivity index is 1.50. The summed E-state index contributed by atoms with van der Waals surface area (Å²) in [5.41, 5.74) is 2.27. The smallest absolute Gasteiger partial charge is 0.310 e. The molecule has 3 amide bonds. The van der Waals surface area contributed by atoms with Crippen LogP contribution in [0.15, 0.2) is 48.1 Å². The van der Waals surface area contributed by atoms with E-state index >= 15 is 0 Å². The average Bonchev–Trinajstić information content (AvgIpc) is 3.10. The summed E-state index contributed by atoms with van der Waals surface area (Å²) in [5, 5.41) is 10.2. The van der Waals surface area contributed by atoms with Gasteiger partial charge in [-0.2, -0.15) is 5.10 Å². The van der Waals surface area contributed by atoms with Gasteiger partial charge in [-0.3, -0.25) is 20.0 Å². The average molecular weight is 396 g/mol. The van der Waals surface area contributed by atoms with Gasteiger partial charge in [-0.05, 0) is 25.3 Å². The predicted octanol–water partition coefficient (Wildman–Crippen LogP) is 1.27. The number of amides is 3. The third kappa shape index (κ3) is 3.54. The molecule has 3 unspecified atom stereocenters. The Labute approximate surface area is 171 Å². The fraction of sp³-hybridized carbons (Fsp3) is 0.476. The van der Waals surface area contributed by atoms with E-state index < -0.39 is 6.04 Å². The van der Waals surface area contributed by atoms with Crippen LogP contribution in [0.4, 0.5) is 4.79 Å². The Morgan fingerprint density at radius 3 is 2.76 bits per heavy atom. The molecule has 0 saturated carbocycles. The molecule has 0 radical (unpaired) electrons. The summed E-state index contributed by atoms with van der Waals surface area (Å²) < 4.78 is 0. The van der Waals surface area contributed by atoms with Crippen molar-refractivity contribution in [2.45, 2.75) is 38.3 Å². The van der Waals surface area contributed by atoms with Crippen LogP contribution in [0.3, 0.4) is 0 Å². The topological polar surface area (TPSA) is 71.5 Å². The van der Waals surface area contributed by atoms with E-state index in [4.69, 9.17) is 5.10 Å². The standard InChI is InChI=1S/C21H28N6O2/c1-4-12-25-19(28)17-18(24(3)21(25)29)22-20-26(17)14-15(2)23-27(20)13-8-11-16-9-6-5-7-10-16/h4-7,9-10,17-18,20,22H,1,8,11-14H2,2-3H3. The maximum Gasteiger partial charge on any atom is 0.328 e. The number of nitrogens with one attached hydrogen (secondary N) is 1. The van der Waals surface area contributed by atoms with Gasteiger partial charge in [0.2, 0.25) is 0 Å². The van der Waals surface area contributed by atoms with E-state index in [0.29, 0.717) is 6.54 Å². The summed E-state index contributed by atoms with van der Waals surface area (Å²) in [6.07, 6.45) is 2.94. The Hall–Kier alpha value is -2.71. The number of fused-ring (bicyclic) bond motifs is 3. The SMILES string of the molecule is C=CCN1C(=O)C2C(NC3N(CCCc4ccccc4)N=C(C)CN23)N(C)C1=O. The van der Waals surface area contributed by atoms with Crippen molar-refractivity contribution >= 4 is 17.6 Å². The summed E-state index contributed by atoms with van der Waals surface area (Å²) >= 11 is 0. The Morgan fingerprint density at radius 2 is 2.03 bits per heavy atom. The first-order valence-electron chi connectivity index (χ1n) is 10.1. The molecule has 2 saturated heterocycles. The van der Waals surface area contributed by atoms with Crippen molar-refractivity contribution in [1.29, 1.82) is 0 Å². The van der Waals surface area contributed by atoms with E-state index in [-0.39, 0.29) is 30.9 Å². The molecule has 1 N–H and O–H groups in total. The van der Waals surface area contributed by atoms with Gasteiger partial charge in [0.05, 0.1) is 0 Å². The number of rotatable bonds is 6. The minimum atomic E-state index is -0.426. The lowest BCUT2D eigenvalue weighted by atomic mass is 10.1. The van der Waals surface area contributed by atoms with Gasteiger partial charge < -0.3 is 4.90 Å². The molecule has 3 heterocycles. The lowest BCUT2D eigenvalue weighted by Gasteiger charge is -2.42. The van der Waals surface area contributed by atoms with Crippen molar-refractivity contribution in [3.8, 4) is 0 Å². The molecule has 29 heavy (non-hydrogen) atoms. The molecule has 1 aromatic rings. The Bertz CT molecular complexity index is 826. The second-order valence-corrected chi connectivity index (χ2v) is 7.82. The molecule has 8 nitrogen and oxygen atoms in total. The van der Waals surface area contributed by atoms with Crippen molar-refractivity contribution in [2.75, 3.05) is 26.7 Å². The van der Waals surface area contributed by atoms with Gasteiger partial charge in [-0.1, -0.05) is 36.4 Å². The van der Waals surface area contributed by atoms with Crippen LogP contribution in [0.5, 0.6) is 0 Å². The summed E-state index contributed by atoms with van der Waals surface area (Å²) in [5.74, 6) is -0.174. The van der Waals surface area contributed by atoms with Crippen molar-refractivity contribution in [3.63, 3.8) is 0 Å². The molecule has 0 aliphatic carbocycles. The quantitative estimate of drug-likeness (QED) is 0.734. The normalized spacial score (nSPS) is 27.0. The highest BCUT2D eigenvalue weighted by Gasteiger charge is 2.56. The van der Waals surface area contributed by atoms with Crippen LogP contribution in [-0.4, -0.2) is 82.5 Å². The van der Waals surface area contributed by atoms with Gasteiger partial charge in [0.1, 0.15) is 12.2 Å². The number of hydrogen-bond acceptors (Lipinski definition) is 6. The Morgan fingerprint density at radius 1 is 1.28 bits per heavy atom. The molecule has 3 aliphatic heterocycles. The second kappa shape index (κ2) is 7.96. The molecular formula is C21H28N6O2. The highest BCUT2D eigenvalue weighted by molar-refractivity contribution is 6.01. The molecule has 154 valence electrons. The zero-order valence-corrected chi connectivity index (χ0v) is 17.0. The van der Waals surface area contributed by atoms with Crippen molar-refractivity contribution < 1.29 is 9.59 Å². The molecule has 8 heteroatoms. The summed E-state index contributed by atoms with van der Waals surface area (Å²) in [4.78, 5) is 30.8. The summed E-state index contributed by atoms with van der Waals surface area (Å²) in [7, 11) is 1.74. The van der Waals surface area contributed by atoms with Gasteiger partial charge >= 0.3 is 6.03 Å². The highest BCUT2D eigenvalue weighted by Crippen LogP contribution is 2.30. The van der Waals surface area contributed by atoms with Crippen molar-refractivity contribution in [3.05, 3.63) is 48.6 Å². The zero-order chi connectivity index (χ0) is 20.5. The lowest BCUT2D eigenvalue weighted by Crippen LogP contribution is -2.66. The number of carbonyl (C=O) groups is 2. The van der Waals surface area contributed by atoms with E-state index in [2.05, 4.69) is 41.1 Å². The van der Waals surface area contributed by atoms with Crippen LogP contribution >= 0.6 is 0 Å². The number of nitrogens with zero attached hydrogens (tertiary/aromatic N) is 5. The maximum absolute atomic E-state index is 13.1. The van der Waals surface area contributed by atoms with E-state index in [9.17, 15) is 9.59 Å². The number of hydrogen-bond donors (Lipinski definition) is 1. The second-order valence-electron chi connectivity index (χ2n) is 7.82. The molecule has 3 atom stereocenters. The van der Waals surface area contributed by atoms with E-state index in [1.165, 1.54) is 10.5 Å². The number of hydrazone groups is 1. The van der Waals surface area contributed by atoms with Crippen molar-refractivity contribution in [2.24, 2.45) is 5.10 Å². The number of benzene rings is 1. The van der Waals surface area contributed by atoms with Gasteiger partial charge in [0, 0.05) is 32.4 Å². The summed E-state index contributed by atoms with van der Waals surface area (Å²) in [6.45, 7) is 7.25. The first kappa shape index (κ1) is 19.6. The number of imide groups is 1. The molecular weight excluding hydrogens is 368 g/mol. The molecule has 4 rings (SSSR count). The fourth-order valence-electron chi connectivity index (χ4n) is 4.41. The van der Waals surface area contributed by atoms with Crippen LogP contribution < -0.4 is 5.32 Å². The Kier molecular flexibility index (Phi) is 5.38. The minimum absolute atomic E-state index is 0.174. The van der Waals surface area contributed by atoms with Crippen molar-refractivity contribution in [1.82, 2.24) is 25.0 Å². The number of carbonyl (C=O) groups excluding carboxylic acids is 2. The molecule has 3 aliphatic rings. The maximum atomic E-state index is 13.1. The van der Waals surface area contributed by atoms with E-state index in [1.807, 2.05) is 18.0 Å². The highest BCUT2D eigenvalue weighted by atomic mass is 16.2. The monoisotopic (exact) mass is 396 g/mol. The van der Waals surface area contributed by atoms with Gasteiger partial charge in [0.15, 0.2) is 6.29 Å². The van der Waals surface area contributed by atoms with E-state index in [0.717, 1.165) is 25.1 Å². The molecule has 0 bridgehead atoms. The first-order valence-corrected chi connectivity index (χ1v) is 10.1. The third-order valence-electron chi connectivity index (χ3n) is 5.76. The third-order valence-corrected chi connectivity index (χ3v) is 5.76. The van der Waals surface area contributed by atoms with Gasteiger partial charge in [-0.15, -0.1) is 6.58 Å². The zero-order valence-electron chi connectivity index (χ0n) is 17.0. The van der Waals surface area contributed by atoms with Crippen LogP contribution in [-0.2, 0) is 11.2 Å². The van der Waals surface area contributed by atoms with Crippen LogP contribution in [0.25, 0.3) is 0 Å². The number of likely N-dealkylation sites (N-methyl/N-ethyl adjacent to an activating group) is 1. The number of aryl methyl sites for hydroxylation is 1. The fourth-order valence-corrected chi connectivity index (χ4v) is 4.41. The van der Waals surface area contributed by atoms with Crippen LogP contribution in [0.1, 0.15) is 18.9 Å². The largest absolute Gasteiger partial charge is 0.328 e. The minimum Gasteiger partial charge on any atom is -0.310 e. The van der Waals surface area contributed by atoms with Gasteiger partial charge in [-0.25, -0.2) is 9.69 Å². The van der Waals surface area contributed by atoms with Gasteiger partial charge in [0.25, 0.3) is 5.91 Å². The molecule has 0 spiro atoms. The number of urea groups is 1. The van der Waals surface area contributed by atoms with Crippen LogP contribution in [0, 0.1) is 0 Å². The lowest BCUT2D eigenvalue weighted by molar-refractivity contribution is -0.138. The van der Waals surface area contributed by atoms with E-state index in [1.54, 1.807) is 18.0 Å². The molecule has 1 aromatic carbocycles. The van der Waals surface area contributed by atoms with Crippen LogP contribution in [0.2, 0.25) is 0 Å².